The fourth-order valence-corrected chi connectivity index (χ4v) is 2.28. The van der Waals surface area contributed by atoms with E-state index < -0.39 is 29.4 Å². The first-order valence-electron chi connectivity index (χ1n) is 6.45. The Morgan fingerprint density at radius 1 is 1.09 bits per heavy atom. The molecule has 22 heavy (non-hydrogen) atoms. The van der Waals surface area contributed by atoms with Crippen molar-refractivity contribution in [3.63, 3.8) is 0 Å². The molecule has 0 radical (unpaired) electrons. The van der Waals surface area contributed by atoms with Gasteiger partial charge in [0.15, 0.2) is 17.6 Å². The number of carbonyl (C=O) groups is 3. The van der Waals surface area contributed by atoms with Crippen molar-refractivity contribution >= 4 is 62.9 Å². The van der Waals surface area contributed by atoms with E-state index in [1.165, 1.54) is 20.8 Å². The second-order valence-corrected chi connectivity index (χ2v) is 6.34. The molecule has 4 nitrogen and oxygen atoms in total. The van der Waals surface area contributed by atoms with Crippen LogP contribution in [-0.2, 0) is 14.4 Å². The highest BCUT2D eigenvalue weighted by molar-refractivity contribution is 7.83. The number of anilines is 1. The van der Waals surface area contributed by atoms with Crippen molar-refractivity contribution in [3.05, 3.63) is 29.3 Å². The van der Waals surface area contributed by atoms with Gasteiger partial charge in [0.1, 0.15) is 0 Å². The zero-order chi connectivity index (χ0) is 17.0. The largest absolute Gasteiger partial charge is 0.297 e. The SMILES string of the molecule is CC(=O)C(C(C)=O)N(C(=O)C(C)C(=S)Cl)c1ccc(Cl)cc1. The van der Waals surface area contributed by atoms with Crippen LogP contribution >= 0.6 is 35.4 Å². The minimum absolute atomic E-state index is 0.0326. The number of carbonyl (C=O) groups excluding carboxylic acids is 3. The maximum Gasteiger partial charge on any atom is 0.237 e. The summed E-state index contributed by atoms with van der Waals surface area (Å²) in [5.74, 6) is -2.21. The number of rotatable bonds is 6. The van der Waals surface area contributed by atoms with Crippen LogP contribution < -0.4 is 4.90 Å². The molecule has 1 aromatic rings. The summed E-state index contributed by atoms with van der Waals surface area (Å²) in [4.78, 5) is 37.5. The van der Waals surface area contributed by atoms with E-state index in [9.17, 15) is 14.4 Å². The Morgan fingerprint density at radius 3 is 1.91 bits per heavy atom. The van der Waals surface area contributed by atoms with E-state index >= 15 is 0 Å². The van der Waals surface area contributed by atoms with Crippen molar-refractivity contribution < 1.29 is 14.4 Å². The molecule has 1 aromatic carbocycles. The molecule has 1 amide bonds. The maximum absolute atomic E-state index is 12.6. The molecular weight excluding hydrogens is 345 g/mol. The van der Waals surface area contributed by atoms with Crippen LogP contribution in [0.5, 0.6) is 0 Å². The average molecular weight is 360 g/mol. The summed E-state index contributed by atoms with van der Waals surface area (Å²) in [7, 11) is 0. The lowest BCUT2D eigenvalue weighted by atomic mass is 10.0. The highest BCUT2D eigenvalue weighted by Crippen LogP contribution is 2.24. The highest BCUT2D eigenvalue weighted by Gasteiger charge is 2.35. The van der Waals surface area contributed by atoms with Gasteiger partial charge < -0.3 is 0 Å². The van der Waals surface area contributed by atoms with E-state index in [1.54, 1.807) is 24.3 Å². The third-order valence-electron chi connectivity index (χ3n) is 3.08. The quantitative estimate of drug-likeness (QED) is 0.443. The number of Topliss-reactive ketones (excluding diaryl/α,β-unsaturated/α-hetero) is 2. The number of hydrogen-bond donors (Lipinski definition) is 0. The first-order valence-corrected chi connectivity index (χ1v) is 7.62. The Balaban J connectivity index is 3.40. The number of amides is 1. The lowest BCUT2D eigenvalue weighted by molar-refractivity contribution is -0.131. The Kier molecular flexibility index (Phi) is 6.66. The van der Waals surface area contributed by atoms with Gasteiger partial charge in [-0.2, -0.15) is 0 Å². The van der Waals surface area contributed by atoms with Crippen LogP contribution in [0, 0.1) is 5.92 Å². The average Bonchev–Trinajstić information content (AvgIpc) is 2.43. The van der Waals surface area contributed by atoms with E-state index in [2.05, 4.69) is 0 Å². The van der Waals surface area contributed by atoms with Crippen LogP contribution in [0.25, 0.3) is 0 Å². The molecule has 0 bridgehead atoms. The minimum Gasteiger partial charge on any atom is -0.297 e. The normalized spacial score (nSPS) is 11.9. The van der Waals surface area contributed by atoms with Gasteiger partial charge in [-0.1, -0.05) is 35.4 Å². The van der Waals surface area contributed by atoms with Crippen molar-refractivity contribution in [2.45, 2.75) is 26.8 Å². The fraction of sp³-hybridized carbons (Fsp3) is 0.333. The molecule has 0 spiro atoms. The standard InChI is InChI=1S/C15H15Cl2NO3S/c1-8(14(17)22)15(21)18(13(9(2)19)10(3)20)12-6-4-11(16)5-7-12/h4-8,13H,1-3H3. The molecule has 7 heteroatoms. The topological polar surface area (TPSA) is 54.5 Å². The number of nitrogens with zero attached hydrogens (tertiary/aromatic N) is 1. The summed E-state index contributed by atoms with van der Waals surface area (Å²) < 4.78 is -0.0326. The lowest BCUT2D eigenvalue weighted by Gasteiger charge is -2.30. The highest BCUT2D eigenvalue weighted by atomic mass is 35.5. The second-order valence-electron chi connectivity index (χ2n) is 4.83. The second kappa shape index (κ2) is 7.81. The smallest absolute Gasteiger partial charge is 0.237 e. The van der Waals surface area contributed by atoms with E-state index in [1.807, 2.05) is 0 Å². The zero-order valence-corrected chi connectivity index (χ0v) is 14.6. The van der Waals surface area contributed by atoms with Gasteiger partial charge in [-0.15, -0.1) is 0 Å². The number of ketones is 2. The van der Waals surface area contributed by atoms with Crippen LogP contribution in [0.3, 0.4) is 0 Å². The monoisotopic (exact) mass is 359 g/mol. The van der Waals surface area contributed by atoms with E-state index in [4.69, 9.17) is 35.4 Å². The molecule has 1 rings (SSSR count). The van der Waals surface area contributed by atoms with Gasteiger partial charge in [0, 0.05) is 10.7 Å². The molecule has 0 aliphatic heterocycles. The van der Waals surface area contributed by atoms with Crippen LogP contribution in [0.15, 0.2) is 24.3 Å². The molecule has 0 aliphatic rings. The Hall–Kier alpha value is -1.30. The summed E-state index contributed by atoms with van der Waals surface area (Å²) in [6.07, 6.45) is 0. The van der Waals surface area contributed by atoms with Crippen LogP contribution in [0.4, 0.5) is 5.69 Å². The van der Waals surface area contributed by atoms with Gasteiger partial charge in [0.2, 0.25) is 5.91 Å². The molecular formula is C15H15Cl2NO3S. The molecule has 0 saturated heterocycles. The first kappa shape index (κ1) is 18.7. The molecule has 1 unspecified atom stereocenters. The van der Waals surface area contributed by atoms with Crippen LogP contribution in [-0.4, -0.2) is 27.8 Å². The predicted molar refractivity (Wildman–Crippen MR) is 91.7 cm³/mol. The lowest BCUT2D eigenvalue weighted by Crippen LogP contribution is -2.51. The molecule has 1 atom stereocenters. The minimum atomic E-state index is -1.22. The summed E-state index contributed by atoms with van der Waals surface area (Å²) in [6, 6.07) is 5.03. The summed E-state index contributed by atoms with van der Waals surface area (Å²) in [6.45, 7) is 4.04. The Labute approximate surface area is 144 Å². The number of hydrogen-bond acceptors (Lipinski definition) is 4. The summed E-state index contributed by atoms with van der Waals surface area (Å²) in [5, 5.41) is 0.472. The molecule has 0 aromatic heterocycles. The molecule has 0 N–H and O–H groups in total. The van der Waals surface area contributed by atoms with Crippen molar-refractivity contribution in [2.75, 3.05) is 4.90 Å². The third-order valence-corrected chi connectivity index (χ3v) is 4.01. The number of thiocarbonyl (C=S) groups is 1. The van der Waals surface area contributed by atoms with Crippen molar-refractivity contribution in [3.8, 4) is 0 Å². The van der Waals surface area contributed by atoms with Gasteiger partial charge in [0.05, 0.1) is 10.2 Å². The molecule has 0 aliphatic carbocycles. The van der Waals surface area contributed by atoms with Crippen molar-refractivity contribution in [2.24, 2.45) is 5.92 Å². The molecule has 0 fully saturated rings. The van der Waals surface area contributed by atoms with Crippen LogP contribution in [0.2, 0.25) is 5.02 Å². The third kappa shape index (κ3) is 4.35. The Morgan fingerprint density at radius 2 is 1.55 bits per heavy atom. The fourth-order valence-electron chi connectivity index (χ4n) is 1.96. The maximum atomic E-state index is 12.6. The first-order chi connectivity index (χ1) is 10.2. The van der Waals surface area contributed by atoms with E-state index in [0.29, 0.717) is 10.7 Å². The Bertz CT molecular complexity index is 602. The molecule has 118 valence electrons. The predicted octanol–water partition coefficient (Wildman–Crippen LogP) is 3.42. The van der Waals surface area contributed by atoms with Gasteiger partial charge in [0.25, 0.3) is 0 Å². The van der Waals surface area contributed by atoms with E-state index in [-0.39, 0.29) is 4.32 Å². The van der Waals surface area contributed by atoms with Gasteiger partial charge in [-0.3, -0.25) is 19.3 Å². The number of halogens is 2. The molecule has 0 heterocycles. The van der Waals surface area contributed by atoms with E-state index in [0.717, 1.165) is 4.90 Å². The molecule has 0 saturated carbocycles. The van der Waals surface area contributed by atoms with Crippen molar-refractivity contribution in [1.29, 1.82) is 0 Å². The zero-order valence-electron chi connectivity index (χ0n) is 12.3. The summed E-state index contributed by atoms with van der Waals surface area (Å²) in [5.41, 5.74) is 0.379. The van der Waals surface area contributed by atoms with Gasteiger partial charge in [-0.05, 0) is 45.0 Å². The van der Waals surface area contributed by atoms with Crippen LogP contribution in [0.1, 0.15) is 20.8 Å². The van der Waals surface area contributed by atoms with Gasteiger partial charge in [-0.25, -0.2) is 0 Å². The van der Waals surface area contributed by atoms with Crippen molar-refractivity contribution in [1.82, 2.24) is 0 Å². The number of benzene rings is 1. The van der Waals surface area contributed by atoms with Gasteiger partial charge >= 0.3 is 0 Å². The summed E-state index contributed by atoms with van der Waals surface area (Å²) >= 11 is 16.4.